The van der Waals surface area contributed by atoms with Crippen LogP contribution in [-0.4, -0.2) is 58.0 Å². The lowest BCUT2D eigenvalue weighted by Gasteiger charge is -2.23. The summed E-state index contributed by atoms with van der Waals surface area (Å²) in [5, 5.41) is 0. The van der Waals surface area contributed by atoms with E-state index in [1.54, 1.807) is 7.11 Å². The first-order valence-electron chi connectivity index (χ1n) is 7.36. The molecule has 0 aromatic rings. The summed E-state index contributed by atoms with van der Waals surface area (Å²) in [7, 11) is 1.76. The Kier molecular flexibility index (Phi) is 9.48. The van der Waals surface area contributed by atoms with Gasteiger partial charge in [0.1, 0.15) is 0 Å². The molecule has 0 bridgehead atoms. The molecule has 1 saturated heterocycles. The van der Waals surface area contributed by atoms with E-state index in [2.05, 4.69) is 4.90 Å². The Hall–Kier alpha value is -0.160. The summed E-state index contributed by atoms with van der Waals surface area (Å²) < 4.78 is 10.5. The van der Waals surface area contributed by atoms with Crippen LogP contribution in [0.4, 0.5) is 0 Å². The summed E-state index contributed by atoms with van der Waals surface area (Å²) in [6.07, 6.45) is 6.50. The third-order valence-corrected chi connectivity index (χ3v) is 3.73. The van der Waals surface area contributed by atoms with Crippen LogP contribution in [0.2, 0.25) is 0 Å². The van der Waals surface area contributed by atoms with Gasteiger partial charge in [0.2, 0.25) is 0 Å². The standard InChI is InChI=1S/C14H30N2O2/c1-17-13-10-16(9-7-15)8-3-2-4-14-5-11-18-12-6-14/h14H,2-13,15H2,1H3. The van der Waals surface area contributed by atoms with Gasteiger partial charge >= 0.3 is 0 Å². The van der Waals surface area contributed by atoms with Gasteiger partial charge in [-0.1, -0.05) is 12.8 Å². The van der Waals surface area contributed by atoms with Crippen LogP contribution in [0.3, 0.4) is 0 Å². The van der Waals surface area contributed by atoms with E-state index in [0.29, 0.717) is 0 Å². The van der Waals surface area contributed by atoms with Crippen LogP contribution in [0, 0.1) is 5.92 Å². The molecule has 4 nitrogen and oxygen atoms in total. The molecule has 0 spiro atoms. The predicted molar refractivity (Wildman–Crippen MR) is 74.8 cm³/mol. The van der Waals surface area contributed by atoms with Crippen molar-refractivity contribution in [3.8, 4) is 0 Å². The summed E-state index contributed by atoms with van der Waals surface area (Å²) in [6, 6.07) is 0. The Morgan fingerprint density at radius 1 is 1.17 bits per heavy atom. The zero-order chi connectivity index (χ0) is 13.1. The number of hydrogen-bond acceptors (Lipinski definition) is 4. The van der Waals surface area contributed by atoms with E-state index in [1.165, 1.54) is 32.1 Å². The highest BCUT2D eigenvalue weighted by atomic mass is 16.5. The van der Waals surface area contributed by atoms with Crippen molar-refractivity contribution >= 4 is 0 Å². The van der Waals surface area contributed by atoms with Gasteiger partial charge in [-0.05, 0) is 31.7 Å². The first-order valence-corrected chi connectivity index (χ1v) is 7.36. The van der Waals surface area contributed by atoms with Gasteiger partial charge in [0.15, 0.2) is 0 Å². The monoisotopic (exact) mass is 258 g/mol. The van der Waals surface area contributed by atoms with Crippen LogP contribution in [0.15, 0.2) is 0 Å². The maximum atomic E-state index is 5.63. The summed E-state index contributed by atoms with van der Waals surface area (Å²) in [4.78, 5) is 2.41. The van der Waals surface area contributed by atoms with Crippen molar-refractivity contribution < 1.29 is 9.47 Å². The molecule has 18 heavy (non-hydrogen) atoms. The molecule has 1 heterocycles. The van der Waals surface area contributed by atoms with Gasteiger partial charge in [-0.3, -0.25) is 4.90 Å². The van der Waals surface area contributed by atoms with Crippen molar-refractivity contribution in [3.05, 3.63) is 0 Å². The summed E-state index contributed by atoms with van der Waals surface area (Å²) in [5.41, 5.74) is 5.63. The molecule has 0 radical (unpaired) electrons. The molecule has 1 rings (SSSR count). The molecule has 0 saturated carbocycles. The number of methoxy groups -OCH3 is 1. The summed E-state index contributed by atoms with van der Waals surface area (Å²) in [6.45, 7) is 6.63. The van der Waals surface area contributed by atoms with Crippen LogP contribution in [0.5, 0.6) is 0 Å². The van der Waals surface area contributed by atoms with Gasteiger partial charge in [0, 0.05) is 40.0 Å². The quantitative estimate of drug-likeness (QED) is 0.603. The van der Waals surface area contributed by atoms with Gasteiger partial charge < -0.3 is 15.2 Å². The average molecular weight is 258 g/mol. The second kappa shape index (κ2) is 10.7. The van der Waals surface area contributed by atoms with E-state index < -0.39 is 0 Å². The lowest BCUT2D eigenvalue weighted by atomic mass is 9.94. The largest absolute Gasteiger partial charge is 0.383 e. The third kappa shape index (κ3) is 7.31. The zero-order valence-electron chi connectivity index (χ0n) is 11.9. The average Bonchev–Trinajstić information content (AvgIpc) is 2.42. The van der Waals surface area contributed by atoms with Gasteiger partial charge in [-0.15, -0.1) is 0 Å². The van der Waals surface area contributed by atoms with Gasteiger partial charge in [0.25, 0.3) is 0 Å². The molecular formula is C14H30N2O2. The van der Waals surface area contributed by atoms with E-state index in [0.717, 1.165) is 51.9 Å². The minimum Gasteiger partial charge on any atom is -0.383 e. The Bertz CT molecular complexity index is 185. The number of nitrogens with two attached hydrogens (primary N) is 1. The lowest BCUT2D eigenvalue weighted by molar-refractivity contribution is 0.0627. The topological polar surface area (TPSA) is 47.7 Å². The SMILES string of the molecule is COCCN(CCN)CCCCC1CCOCC1. The first-order chi connectivity index (χ1) is 8.86. The van der Waals surface area contributed by atoms with E-state index in [9.17, 15) is 0 Å². The summed E-state index contributed by atoms with van der Waals surface area (Å²) >= 11 is 0. The highest BCUT2D eigenvalue weighted by Crippen LogP contribution is 2.20. The molecule has 0 aromatic carbocycles. The van der Waals surface area contributed by atoms with Crippen LogP contribution in [0.25, 0.3) is 0 Å². The van der Waals surface area contributed by atoms with Crippen molar-refractivity contribution in [2.45, 2.75) is 32.1 Å². The molecule has 1 aliphatic rings. The maximum Gasteiger partial charge on any atom is 0.0589 e. The van der Waals surface area contributed by atoms with E-state index >= 15 is 0 Å². The number of unbranched alkanes of at least 4 members (excludes halogenated alkanes) is 1. The fourth-order valence-corrected chi connectivity index (χ4v) is 2.54. The van der Waals surface area contributed by atoms with Gasteiger partial charge in [-0.2, -0.15) is 0 Å². The van der Waals surface area contributed by atoms with Crippen LogP contribution in [0.1, 0.15) is 32.1 Å². The molecular weight excluding hydrogens is 228 g/mol. The zero-order valence-corrected chi connectivity index (χ0v) is 11.9. The lowest BCUT2D eigenvalue weighted by Crippen LogP contribution is -2.33. The fourth-order valence-electron chi connectivity index (χ4n) is 2.54. The summed E-state index contributed by atoms with van der Waals surface area (Å²) in [5.74, 6) is 0.903. The Morgan fingerprint density at radius 3 is 2.61 bits per heavy atom. The molecule has 0 aromatic heterocycles. The van der Waals surface area contributed by atoms with Crippen molar-refractivity contribution in [2.75, 3.05) is 53.1 Å². The smallest absolute Gasteiger partial charge is 0.0589 e. The van der Waals surface area contributed by atoms with Crippen molar-refractivity contribution in [1.29, 1.82) is 0 Å². The normalized spacial score (nSPS) is 17.5. The Morgan fingerprint density at radius 2 is 1.94 bits per heavy atom. The molecule has 0 unspecified atom stereocenters. The molecule has 2 N–H and O–H groups in total. The minimum absolute atomic E-state index is 0.740. The van der Waals surface area contributed by atoms with E-state index in [1.807, 2.05) is 0 Å². The predicted octanol–water partition coefficient (Wildman–Crippen LogP) is 1.49. The fraction of sp³-hybridized carbons (Fsp3) is 1.00. The Labute approximate surface area is 112 Å². The number of rotatable bonds is 10. The molecule has 0 atom stereocenters. The number of nitrogens with zero attached hydrogens (tertiary/aromatic N) is 1. The highest BCUT2D eigenvalue weighted by molar-refractivity contribution is 4.65. The van der Waals surface area contributed by atoms with Gasteiger partial charge in [-0.25, -0.2) is 0 Å². The van der Waals surface area contributed by atoms with E-state index in [-0.39, 0.29) is 0 Å². The van der Waals surface area contributed by atoms with Crippen LogP contribution < -0.4 is 5.73 Å². The molecule has 1 aliphatic heterocycles. The van der Waals surface area contributed by atoms with Crippen LogP contribution in [-0.2, 0) is 9.47 Å². The second-order valence-corrected chi connectivity index (χ2v) is 5.17. The van der Waals surface area contributed by atoms with Gasteiger partial charge in [0.05, 0.1) is 6.61 Å². The van der Waals surface area contributed by atoms with Crippen molar-refractivity contribution in [3.63, 3.8) is 0 Å². The van der Waals surface area contributed by atoms with Crippen LogP contribution >= 0.6 is 0 Å². The molecule has 4 heteroatoms. The molecule has 0 amide bonds. The first kappa shape index (κ1) is 15.9. The van der Waals surface area contributed by atoms with E-state index in [4.69, 9.17) is 15.2 Å². The highest BCUT2D eigenvalue weighted by Gasteiger charge is 2.13. The number of ether oxygens (including phenoxy) is 2. The molecule has 1 fully saturated rings. The minimum atomic E-state index is 0.740. The van der Waals surface area contributed by atoms with Crippen molar-refractivity contribution in [2.24, 2.45) is 11.7 Å². The number of hydrogen-bond donors (Lipinski definition) is 1. The molecule has 108 valence electrons. The maximum absolute atomic E-state index is 5.63. The second-order valence-electron chi connectivity index (χ2n) is 5.17. The third-order valence-electron chi connectivity index (χ3n) is 3.73. The van der Waals surface area contributed by atoms with Crippen molar-refractivity contribution in [1.82, 2.24) is 4.90 Å². The Balaban J connectivity index is 2.02. The molecule has 0 aliphatic carbocycles.